The van der Waals surface area contributed by atoms with Crippen LogP contribution in [0.25, 0.3) is 16.9 Å². The molecule has 0 spiro atoms. The highest BCUT2D eigenvalue weighted by atomic mass is 35.5. The number of rotatable bonds is 1. The number of fused-ring (bicyclic) bond motifs is 1. The fourth-order valence-electron chi connectivity index (χ4n) is 1.89. The zero-order chi connectivity index (χ0) is 13.6. The molecule has 0 saturated carbocycles. The first-order valence-corrected chi connectivity index (χ1v) is 5.82. The van der Waals surface area contributed by atoms with Crippen molar-refractivity contribution in [2.75, 3.05) is 5.73 Å². The molecule has 19 heavy (non-hydrogen) atoms. The minimum Gasteiger partial charge on any atom is -0.383 e. The molecule has 0 unspecified atom stereocenters. The van der Waals surface area contributed by atoms with Crippen LogP contribution >= 0.6 is 11.6 Å². The average Bonchev–Trinajstić information content (AvgIpc) is 2.70. The van der Waals surface area contributed by atoms with Crippen LogP contribution in [0.4, 0.5) is 14.6 Å². The van der Waals surface area contributed by atoms with E-state index in [1.54, 1.807) is 22.7 Å². The molecule has 6 heteroatoms. The highest BCUT2D eigenvalue weighted by Crippen LogP contribution is 2.28. The molecular formula is C13H8ClF2N3. The Hall–Kier alpha value is -2.14. The molecular weight excluding hydrogens is 272 g/mol. The predicted octanol–water partition coefficient (Wildman–Crippen LogP) is 3.52. The molecule has 0 amide bonds. The topological polar surface area (TPSA) is 43.3 Å². The summed E-state index contributed by atoms with van der Waals surface area (Å²) in [5, 5.41) is 0.523. The first kappa shape index (κ1) is 11.9. The average molecular weight is 280 g/mol. The van der Waals surface area contributed by atoms with Gasteiger partial charge >= 0.3 is 0 Å². The van der Waals surface area contributed by atoms with Crippen molar-refractivity contribution in [1.29, 1.82) is 0 Å². The quantitative estimate of drug-likeness (QED) is 0.741. The lowest BCUT2D eigenvalue weighted by atomic mass is 10.1. The molecule has 3 rings (SSSR count). The third-order valence-electron chi connectivity index (χ3n) is 2.82. The van der Waals surface area contributed by atoms with Crippen LogP contribution in [0.5, 0.6) is 0 Å². The predicted molar refractivity (Wildman–Crippen MR) is 70.0 cm³/mol. The van der Waals surface area contributed by atoms with Crippen LogP contribution in [-0.2, 0) is 0 Å². The summed E-state index contributed by atoms with van der Waals surface area (Å²) < 4.78 is 27.8. The van der Waals surface area contributed by atoms with E-state index >= 15 is 0 Å². The maximum Gasteiger partial charge on any atom is 0.159 e. The SMILES string of the molecule is Nc1c(-c2ccc(F)c(F)c2)nc2cc(Cl)ccn12. The zero-order valence-corrected chi connectivity index (χ0v) is 10.3. The first-order valence-electron chi connectivity index (χ1n) is 5.45. The van der Waals surface area contributed by atoms with E-state index in [1.165, 1.54) is 6.07 Å². The molecule has 1 aromatic carbocycles. The number of aromatic nitrogens is 2. The molecule has 2 heterocycles. The number of benzene rings is 1. The molecule has 0 aliphatic carbocycles. The molecule has 2 aromatic heterocycles. The van der Waals surface area contributed by atoms with Gasteiger partial charge in [-0.1, -0.05) is 11.6 Å². The van der Waals surface area contributed by atoms with Gasteiger partial charge in [0.2, 0.25) is 0 Å². The molecule has 0 bridgehead atoms. The Morgan fingerprint density at radius 1 is 1.11 bits per heavy atom. The van der Waals surface area contributed by atoms with E-state index in [2.05, 4.69) is 4.98 Å². The molecule has 0 radical (unpaired) electrons. The van der Waals surface area contributed by atoms with Gasteiger partial charge in [-0.3, -0.25) is 4.40 Å². The molecule has 0 aliphatic heterocycles. The van der Waals surface area contributed by atoms with Gasteiger partial charge < -0.3 is 5.73 Å². The van der Waals surface area contributed by atoms with Crippen molar-refractivity contribution in [2.45, 2.75) is 0 Å². The first-order chi connectivity index (χ1) is 9.06. The van der Waals surface area contributed by atoms with Crippen molar-refractivity contribution in [3.8, 4) is 11.3 Å². The number of imidazole rings is 1. The lowest BCUT2D eigenvalue weighted by Gasteiger charge is -2.00. The van der Waals surface area contributed by atoms with E-state index in [0.29, 0.717) is 27.7 Å². The van der Waals surface area contributed by atoms with Gasteiger partial charge in [0, 0.05) is 22.8 Å². The normalized spacial score (nSPS) is 11.1. The molecule has 0 atom stereocenters. The molecule has 3 nitrogen and oxygen atoms in total. The van der Waals surface area contributed by atoms with Crippen LogP contribution in [0.3, 0.4) is 0 Å². The number of hydrogen-bond donors (Lipinski definition) is 1. The largest absolute Gasteiger partial charge is 0.383 e. The van der Waals surface area contributed by atoms with E-state index in [4.69, 9.17) is 17.3 Å². The molecule has 2 N–H and O–H groups in total. The molecule has 3 aromatic rings. The summed E-state index contributed by atoms with van der Waals surface area (Å²) in [5.41, 5.74) is 7.30. The second kappa shape index (κ2) is 4.20. The van der Waals surface area contributed by atoms with E-state index in [-0.39, 0.29) is 0 Å². The second-order valence-electron chi connectivity index (χ2n) is 4.05. The number of nitrogens with zero attached hydrogens (tertiary/aromatic N) is 2. The van der Waals surface area contributed by atoms with Gasteiger partial charge in [-0.05, 0) is 24.3 Å². The fraction of sp³-hybridized carbons (Fsp3) is 0. The van der Waals surface area contributed by atoms with Crippen molar-refractivity contribution in [3.05, 3.63) is 53.2 Å². The number of nitrogens with two attached hydrogens (primary N) is 1. The number of pyridine rings is 1. The van der Waals surface area contributed by atoms with Gasteiger partial charge in [0.1, 0.15) is 17.2 Å². The van der Waals surface area contributed by atoms with Gasteiger partial charge in [-0.25, -0.2) is 13.8 Å². The Balaban J connectivity index is 2.24. The maximum absolute atomic E-state index is 13.2. The number of hydrogen-bond acceptors (Lipinski definition) is 2. The number of halogens is 3. The van der Waals surface area contributed by atoms with Gasteiger partial charge in [0.15, 0.2) is 11.6 Å². The summed E-state index contributed by atoms with van der Waals surface area (Å²) >= 11 is 5.87. The van der Waals surface area contributed by atoms with Crippen molar-refractivity contribution in [1.82, 2.24) is 9.38 Å². The molecule has 0 fully saturated rings. The highest BCUT2D eigenvalue weighted by Gasteiger charge is 2.13. The van der Waals surface area contributed by atoms with Crippen LogP contribution in [0.2, 0.25) is 5.02 Å². The Kier molecular flexibility index (Phi) is 2.64. The molecule has 0 aliphatic rings. The smallest absolute Gasteiger partial charge is 0.159 e. The third-order valence-corrected chi connectivity index (χ3v) is 3.05. The summed E-state index contributed by atoms with van der Waals surface area (Å²) in [5.74, 6) is -1.50. The van der Waals surface area contributed by atoms with Gasteiger partial charge in [0.25, 0.3) is 0 Å². The van der Waals surface area contributed by atoms with E-state index < -0.39 is 11.6 Å². The molecule has 96 valence electrons. The highest BCUT2D eigenvalue weighted by molar-refractivity contribution is 6.30. The summed E-state index contributed by atoms with van der Waals surface area (Å²) in [6.45, 7) is 0. The van der Waals surface area contributed by atoms with Gasteiger partial charge in [-0.15, -0.1) is 0 Å². The minimum absolute atomic E-state index is 0.345. The van der Waals surface area contributed by atoms with E-state index in [1.807, 2.05) is 0 Å². The monoisotopic (exact) mass is 279 g/mol. The van der Waals surface area contributed by atoms with Crippen LogP contribution < -0.4 is 5.73 Å². The lowest BCUT2D eigenvalue weighted by Crippen LogP contribution is -1.94. The summed E-state index contributed by atoms with van der Waals surface area (Å²) in [4.78, 5) is 4.28. The van der Waals surface area contributed by atoms with Crippen molar-refractivity contribution >= 4 is 23.1 Å². The molecule has 0 saturated heterocycles. The van der Waals surface area contributed by atoms with Crippen molar-refractivity contribution in [3.63, 3.8) is 0 Å². The maximum atomic E-state index is 13.2. The Morgan fingerprint density at radius 2 is 1.89 bits per heavy atom. The lowest BCUT2D eigenvalue weighted by molar-refractivity contribution is 0.509. The Labute approximate surface area is 112 Å². The zero-order valence-electron chi connectivity index (χ0n) is 9.57. The number of nitrogen functional groups attached to an aromatic ring is 1. The van der Waals surface area contributed by atoms with Crippen LogP contribution in [0.1, 0.15) is 0 Å². The second-order valence-corrected chi connectivity index (χ2v) is 4.48. The van der Waals surface area contributed by atoms with Gasteiger partial charge in [0.05, 0.1) is 0 Å². The fourth-order valence-corrected chi connectivity index (χ4v) is 2.05. The third kappa shape index (κ3) is 1.92. The summed E-state index contributed by atoms with van der Waals surface area (Å²) in [7, 11) is 0. The Morgan fingerprint density at radius 3 is 2.63 bits per heavy atom. The van der Waals surface area contributed by atoms with Crippen LogP contribution in [-0.4, -0.2) is 9.38 Å². The van der Waals surface area contributed by atoms with E-state index in [9.17, 15) is 8.78 Å². The Bertz CT molecular complexity index is 783. The summed E-state index contributed by atoms with van der Waals surface area (Å²) in [6, 6.07) is 6.84. The van der Waals surface area contributed by atoms with Gasteiger partial charge in [-0.2, -0.15) is 0 Å². The van der Waals surface area contributed by atoms with E-state index in [0.717, 1.165) is 12.1 Å². The van der Waals surface area contributed by atoms with Crippen LogP contribution in [0, 0.1) is 11.6 Å². The number of anilines is 1. The standard InChI is InChI=1S/C13H8ClF2N3/c14-8-3-4-19-11(6-8)18-12(13(19)17)7-1-2-9(15)10(16)5-7/h1-6H,17H2. The van der Waals surface area contributed by atoms with Crippen molar-refractivity contribution < 1.29 is 8.78 Å². The minimum atomic E-state index is -0.938. The van der Waals surface area contributed by atoms with Crippen molar-refractivity contribution in [2.24, 2.45) is 0 Å². The summed E-state index contributed by atoms with van der Waals surface area (Å²) in [6.07, 6.45) is 1.67. The van der Waals surface area contributed by atoms with Crippen LogP contribution in [0.15, 0.2) is 36.5 Å².